The average Bonchev–Trinajstić information content (AvgIpc) is 3.03. The second-order valence-electron chi connectivity index (χ2n) is 5.74. The summed E-state index contributed by atoms with van der Waals surface area (Å²) in [6.45, 7) is 0. The van der Waals surface area contributed by atoms with Crippen LogP contribution in [0.15, 0.2) is 24.4 Å². The zero-order valence-electron chi connectivity index (χ0n) is 13.8. The van der Waals surface area contributed by atoms with Crippen molar-refractivity contribution < 1.29 is 32.5 Å². The molecule has 1 aliphatic heterocycles. The third-order valence-electron chi connectivity index (χ3n) is 4.27. The van der Waals surface area contributed by atoms with Gasteiger partial charge in [-0.2, -0.15) is 18.3 Å². The van der Waals surface area contributed by atoms with Crippen LogP contribution in [0.5, 0.6) is 11.5 Å². The number of methoxy groups -OCH3 is 2. The first-order valence-corrected chi connectivity index (χ1v) is 7.60. The smallest absolute Gasteiger partial charge is 0.410 e. The normalized spacial score (nSPS) is 19.4. The Bertz CT molecular complexity index is 835. The van der Waals surface area contributed by atoms with Gasteiger partial charge in [0.25, 0.3) is 0 Å². The summed E-state index contributed by atoms with van der Waals surface area (Å²) in [5.41, 5.74) is 0.0677. The quantitative estimate of drug-likeness (QED) is 0.885. The predicted molar refractivity (Wildman–Crippen MR) is 82.2 cm³/mol. The van der Waals surface area contributed by atoms with Crippen molar-refractivity contribution in [3.63, 3.8) is 0 Å². The van der Waals surface area contributed by atoms with Gasteiger partial charge >= 0.3 is 6.18 Å². The van der Waals surface area contributed by atoms with E-state index >= 15 is 0 Å². The number of ether oxygens (including phenoxy) is 2. The monoisotopic (exact) mass is 370 g/mol. The summed E-state index contributed by atoms with van der Waals surface area (Å²) in [5, 5.41) is 17.6. The van der Waals surface area contributed by atoms with E-state index in [0.717, 1.165) is 6.20 Å². The lowest BCUT2D eigenvalue weighted by Gasteiger charge is -2.34. The Morgan fingerprint density at radius 2 is 2.00 bits per heavy atom. The van der Waals surface area contributed by atoms with Crippen molar-refractivity contribution in [2.24, 2.45) is 0 Å². The van der Waals surface area contributed by atoms with Gasteiger partial charge < -0.3 is 24.7 Å². The zero-order valence-corrected chi connectivity index (χ0v) is 13.8. The van der Waals surface area contributed by atoms with Gasteiger partial charge in [-0.15, -0.1) is 0 Å². The van der Waals surface area contributed by atoms with Gasteiger partial charge in [-0.25, -0.2) is 4.68 Å². The highest BCUT2D eigenvalue weighted by Gasteiger charge is 2.47. The fraction of sp³-hybridized carbons (Fsp3) is 0.375. The van der Waals surface area contributed by atoms with E-state index in [-0.39, 0.29) is 12.2 Å². The topological polar surface area (TPSA) is 88.4 Å². The molecule has 2 aromatic rings. The van der Waals surface area contributed by atoms with Crippen molar-refractivity contribution in [3.8, 4) is 11.5 Å². The Hall–Kier alpha value is -2.91. The predicted octanol–water partition coefficient (Wildman–Crippen LogP) is 1.92. The molecule has 0 saturated heterocycles. The first-order valence-electron chi connectivity index (χ1n) is 7.60. The number of alkyl halides is 3. The molecule has 1 aliphatic rings. The van der Waals surface area contributed by atoms with Crippen LogP contribution in [0.1, 0.15) is 34.4 Å². The summed E-state index contributed by atoms with van der Waals surface area (Å²) in [6.07, 6.45) is -4.10. The number of hydrogen-bond donors (Lipinski definition) is 1. The second-order valence-corrected chi connectivity index (χ2v) is 5.74. The van der Waals surface area contributed by atoms with Crippen LogP contribution in [0.3, 0.4) is 0 Å². The van der Waals surface area contributed by atoms with Crippen LogP contribution in [-0.2, 0) is 0 Å². The largest absolute Gasteiger partial charge is 0.545 e. The summed E-state index contributed by atoms with van der Waals surface area (Å²) in [5.74, 6) is -1.06. The van der Waals surface area contributed by atoms with Crippen LogP contribution in [0, 0.1) is 0 Å². The number of nitrogens with zero attached hydrogens (tertiary/aromatic N) is 2. The molecule has 1 aromatic heterocycles. The van der Waals surface area contributed by atoms with Gasteiger partial charge in [-0.05, 0) is 17.7 Å². The molecular weight excluding hydrogens is 355 g/mol. The molecule has 0 radical (unpaired) electrons. The van der Waals surface area contributed by atoms with Crippen molar-refractivity contribution in [3.05, 3.63) is 35.5 Å². The standard InChI is InChI=1S/C16H16F3N3O4/c1-25-11-4-3-8(5-12(11)26-2)10-6-13(16(17,18)19)22-14(21-10)9(7-20-22)15(23)24/h3-5,7,10,13,21H,6H2,1-2H3,(H,23,24)/p-1. The summed E-state index contributed by atoms with van der Waals surface area (Å²) in [7, 11) is 2.86. The van der Waals surface area contributed by atoms with Crippen molar-refractivity contribution in [2.75, 3.05) is 19.5 Å². The SMILES string of the molecule is COc1ccc(C2CC(C(F)(F)F)n3ncc(C(=O)[O-])c3N2)cc1OC. The van der Waals surface area contributed by atoms with Gasteiger partial charge in [0.1, 0.15) is 5.82 Å². The number of carboxylic acids is 1. The number of carbonyl (C=O) groups is 1. The molecule has 0 fully saturated rings. The minimum absolute atomic E-state index is 0.238. The van der Waals surface area contributed by atoms with Gasteiger partial charge in [-0.3, -0.25) is 0 Å². The summed E-state index contributed by atoms with van der Waals surface area (Å²) in [4.78, 5) is 11.2. The first-order chi connectivity index (χ1) is 12.3. The first kappa shape index (κ1) is 17.9. The van der Waals surface area contributed by atoms with Crippen LogP contribution >= 0.6 is 0 Å². The molecule has 2 atom stereocenters. The number of anilines is 1. The van der Waals surface area contributed by atoms with E-state index in [9.17, 15) is 23.1 Å². The molecule has 140 valence electrons. The lowest BCUT2D eigenvalue weighted by Crippen LogP contribution is -2.36. The molecule has 0 saturated carbocycles. The van der Waals surface area contributed by atoms with Crippen molar-refractivity contribution in [2.45, 2.75) is 24.7 Å². The van der Waals surface area contributed by atoms with E-state index in [2.05, 4.69) is 10.4 Å². The van der Waals surface area contributed by atoms with E-state index < -0.39 is 29.8 Å². The molecule has 3 rings (SSSR count). The number of carboxylic acid groups (broad SMARTS) is 1. The average molecular weight is 370 g/mol. The number of halogens is 3. The molecule has 10 heteroatoms. The van der Waals surface area contributed by atoms with Gasteiger partial charge in [0.15, 0.2) is 17.5 Å². The van der Waals surface area contributed by atoms with E-state index in [1.165, 1.54) is 14.2 Å². The molecular formula is C16H15F3N3O4-. The Labute approximate surface area is 146 Å². The Morgan fingerprint density at radius 3 is 2.58 bits per heavy atom. The number of carbonyl (C=O) groups excluding carboxylic acids is 1. The highest BCUT2D eigenvalue weighted by atomic mass is 19.4. The fourth-order valence-electron chi connectivity index (χ4n) is 3.00. The Morgan fingerprint density at radius 1 is 1.31 bits per heavy atom. The molecule has 7 nitrogen and oxygen atoms in total. The number of aromatic nitrogens is 2. The van der Waals surface area contributed by atoms with Crippen LogP contribution in [0.25, 0.3) is 0 Å². The maximum atomic E-state index is 13.5. The number of nitrogens with one attached hydrogen (secondary N) is 1. The Kier molecular flexibility index (Phi) is 4.43. The van der Waals surface area contributed by atoms with Crippen molar-refractivity contribution >= 4 is 11.8 Å². The Balaban J connectivity index is 2.05. The third kappa shape index (κ3) is 3.02. The maximum absolute atomic E-state index is 13.5. The molecule has 1 aromatic carbocycles. The zero-order chi connectivity index (χ0) is 19.1. The maximum Gasteiger partial charge on any atom is 0.410 e. The van der Waals surface area contributed by atoms with E-state index in [4.69, 9.17) is 9.47 Å². The van der Waals surface area contributed by atoms with Gasteiger partial charge in [-0.1, -0.05) is 6.07 Å². The molecule has 0 spiro atoms. The number of aromatic carboxylic acids is 1. The van der Waals surface area contributed by atoms with E-state index in [0.29, 0.717) is 21.7 Å². The minimum atomic E-state index is -4.60. The number of hydrogen-bond acceptors (Lipinski definition) is 6. The summed E-state index contributed by atoms with van der Waals surface area (Å²) < 4.78 is 51.4. The molecule has 26 heavy (non-hydrogen) atoms. The minimum Gasteiger partial charge on any atom is -0.545 e. The molecule has 0 amide bonds. The van der Waals surface area contributed by atoms with Crippen molar-refractivity contribution in [1.82, 2.24) is 9.78 Å². The molecule has 0 bridgehead atoms. The highest BCUT2D eigenvalue weighted by Crippen LogP contribution is 2.45. The van der Waals surface area contributed by atoms with Gasteiger partial charge in [0.05, 0.1) is 38.0 Å². The molecule has 2 heterocycles. The third-order valence-corrected chi connectivity index (χ3v) is 4.27. The lowest BCUT2D eigenvalue weighted by molar-refractivity contribution is -0.255. The van der Waals surface area contributed by atoms with Crippen molar-refractivity contribution in [1.29, 1.82) is 0 Å². The number of benzene rings is 1. The lowest BCUT2D eigenvalue weighted by atomic mass is 9.96. The second kappa shape index (κ2) is 6.43. The molecule has 0 aliphatic carbocycles. The number of rotatable bonds is 4. The molecule has 1 N–H and O–H groups in total. The van der Waals surface area contributed by atoms with Crippen LogP contribution < -0.4 is 19.9 Å². The molecule has 2 unspecified atom stereocenters. The fourth-order valence-corrected chi connectivity index (χ4v) is 3.00. The number of fused-ring (bicyclic) bond motifs is 1. The summed E-state index contributed by atoms with van der Waals surface area (Å²) in [6, 6.07) is 1.95. The van der Waals surface area contributed by atoms with Crippen LogP contribution in [-0.4, -0.2) is 36.1 Å². The van der Waals surface area contributed by atoms with Gasteiger partial charge in [0, 0.05) is 6.42 Å². The van der Waals surface area contributed by atoms with Crippen LogP contribution in [0.4, 0.5) is 19.0 Å². The highest BCUT2D eigenvalue weighted by molar-refractivity contribution is 5.91. The summed E-state index contributed by atoms with van der Waals surface area (Å²) >= 11 is 0. The van der Waals surface area contributed by atoms with Gasteiger partial charge in [0.2, 0.25) is 0 Å². The van der Waals surface area contributed by atoms with Crippen LogP contribution in [0.2, 0.25) is 0 Å². The van der Waals surface area contributed by atoms with E-state index in [1.807, 2.05) is 0 Å². The van der Waals surface area contributed by atoms with E-state index in [1.54, 1.807) is 18.2 Å².